The normalized spacial score (nSPS) is 10.5. The SMILES string of the molecule is Cc1cc(C)n(Cc2cccc(O)c2)c(=O)c1C(=O)O. The van der Waals surface area contributed by atoms with Crippen LogP contribution in [0.4, 0.5) is 0 Å². The molecule has 0 atom stereocenters. The van der Waals surface area contributed by atoms with Crippen molar-refractivity contribution in [1.82, 2.24) is 4.57 Å². The van der Waals surface area contributed by atoms with Gasteiger partial charge in [-0.1, -0.05) is 12.1 Å². The van der Waals surface area contributed by atoms with Gasteiger partial charge in [0.1, 0.15) is 11.3 Å². The van der Waals surface area contributed by atoms with Crippen LogP contribution in [0.15, 0.2) is 35.1 Å². The largest absolute Gasteiger partial charge is 0.508 e. The number of phenols is 1. The Morgan fingerprint density at radius 1 is 1.25 bits per heavy atom. The Labute approximate surface area is 115 Å². The highest BCUT2D eigenvalue weighted by Crippen LogP contribution is 2.13. The van der Waals surface area contributed by atoms with Crippen molar-refractivity contribution in [3.63, 3.8) is 0 Å². The summed E-state index contributed by atoms with van der Waals surface area (Å²) < 4.78 is 1.39. The number of aromatic carboxylic acids is 1. The minimum absolute atomic E-state index is 0.110. The van der Waals surface area contributed by atoms with E-state index in [2.05, 4.69) is 0 Å². The van der Waals surface area contributed by atoms with Crippen molar-refractivity contribution in [2.75, 3.05) is 0 Å². The van der Waals surface area contributed by atoms with Gasteiger partial charge in [-0.25, -0.2) is 4.79 Å². The van der Waals surface area contributed by atoms with Crippen molar-refractivity contribution in [1.29, 1.82) is 0 Å². The number of pyridine rings is 1. The lowest BCUT2D eigenvalue weighted by atomic mass is 10.1. The number of nitrogens with zero attached hydrogens (tertiary/aromatic N) is 1. The van der Waals surface area contributed by atoms with Gasteiger partial charge in [0.25, 0.3) is 5.56 Å². The first-order valence-electron chi connectivity index (χ1n) is 6.12. The van der Waals surface area contributed by atoms with Gasteiger partial charge in [-0.05, 0) is 43.2 Å². The van der Waals surface area contributed by atoms with Crippen LogP contribution in [0.3, 0.4) is 0 Å². The fraction of sp³-hybridized carbons (Fsp3) is 0.200. The van der Waals surface area contributed by atoms with Crippen molar-refractivity contribution in [3.05, 3.63) is 63.1 Å². The summed E-state index contributed by atoms with van der Waals surface area (Å²) >= 11 is 0. The highest BCUT2D eigenvalue weighted by Gasteiger charge is 2.16. The maximum atomic E-state index is 12.3. The third-order valence-corrected chi connectivity index (χ3v) is 3.17. The zero-order valence-electron chi connectivity index (χ0n) is 11.3. The van der Waals surface area contributed by atoms with Crippen LogP contribution >= 0.6 is 0 Å². The molecule has 2 N–H and O–H groups in total. The molecule has 5 heteroatoms. The molecule has 2 aromatic rings. The third-order valence-electron chi connectivity index (χ3n) is 3.17. The number of hydrogen-bond donors (Lipinski definition) is 2. The fourth-order valence-corrected chi connectivity index (χ4v) is 2.22. The molecule has 104 valence electrons. The zero-order valence-corrected chi connectivity index (χ0v) is 11.3. The Bertz CT molecular complexity index is 731. The first-order chi connectivity index (χ1) is 9.40. The second kappa shape index (κ2) is 5.21. The quantitative estimate of drug-likeness (QED) is 0.895. The molecule has 0 saturated heterocycles. The summed E-state index contributed by atoms with van der Waals surface area (Å²) in [5, 5.41) is 18.6. The number of benzene rings is 1. The zero-order chi connectivity index (χ0) is 14.9. The van der Waals surface area contributed by atoms with Crippen LogP contribution in [0.25, 0.3) is 0 Å². The molecule has 0 amide bonds. The lowest BCUT2D eigenvalue weighted by Gasteiger charge is -2.13. The number of aryl methyl sites for hydroxylation is 2. The number of carboxylic acids is 1. The summed E-state index contributed by atoms with van der Waals surface area (Å²) in [5.74, 6) is -1.11. The van der Waals surface area contributed by atoms with Crippen LogP contribution in [-0.2, 0) is 6.54 Å². The van der Waals surface area contributed by atoms with Crippen LogP contribution in [0, 0.1) is 13.8 Å². The Morgan fingerprint density at radius 2 is 1.95 bits per heavy atom. The molecule has 0 fully saturated rings. The lowest BCUT2D eigenvalue weighted by molar-refractivity contribution is 0.0693. The van der Waals surface area contributed by atoms with Crippen molar-refractivity contribution in [3.8, 4) is 5.75 Å². The van der Waals surface area contributed by atoms with Gasteiger partial charge in [0, 0.05) is 5.69 Å². The van der Waals surface area contributed by atoms with Gasteiger partial charge < -0.3 is 14.8 Å². The molecule has 0 aliphatic rings. The maximum absolute atomic E-state index is 12.3. The van der Waals surface area contributed by atoms with E-state index in [0.29, 0.717) is 11.3 Å². The number of rotatable bonds is 3. The Hall–Kier alpha value is -2.56. The van der Waals surface area contributed by atoms with Crippen molar-refractivity contribution >= 4 is 5.97 Å². The topological polar surface area (TPSA) is 79.5 Å². The summed E-state index contributed by atoms with van der Waals surface area (Å²) in [6.45, 7) is 3.58. The van der Waals surface area contributed by atoms with Crippen LogP contribution in [0.2, 0.25) is 0 Å². The second-order valence-corrected chi connectivity index (χ2v) is 4.71. The third kappa shape index (κ3) is 2.56. The molecule has 0 aliphatic heterocycles. The highest BCUT2D eigenvalue weighted by atomic mass is 16.4. The van der Waals surface area contributed by atoms with Gasteiger partial charge in [-0.3, -0.25) is 4.79 Å². The maximum Gasteiger partial charge on any atom is 0.341 e. The first-order valence-corrected chi connectivity index (χ1v) is 6.12. The highest BCUT2D eigenvalue weighted by molar-refractivity contribution is 5.88. The molecule has 0 aliphatic carbocycles. The molecule has 1 heterocycles. The van der Waals surface area contributed by atoms with Crippen molar-refractivity contribution in [2.45, 2.75) is 20.4 Å². The van der Waals surface area contributed by atoms with Gasteiger partial charge in [0.05, 0.1) is 6.54 Å². The first kappa shape index (κ1) is 13.9. The number of carbonyl (C=O) groups is 1. The van der Waals surface area contributed by atoms with Crippen molar-refractivity contribution in [2.24, 2.45) is 0 Å². The van der Waals surface area contributed by atoms with Crippen LogP contribution in [0.1, 0.15) is 27.2 Å². The van der Waals surface area contributed by atoms with Crippen LogP contribution < -0.4 is 5.56 Å². The molecule has 0 bridgehead atoms. The number of hydrogen-bond acceptors (Lipinski definition) is 3. The molecule has 0 radical (unpaired) electrons. The lowest BCUT2D eigenvalue weighted by Crippen LogP contribution is -2.29. The molecular formula is C15H15NO4. The molecule has 1 aromatic heterocycles. The Balaban J connectivity index is 2.55. The summed E-state index contributed by atoms with van der Waals surface area (Å²) in [7, 11) is 0. The van der Waals surface area contributed by atoms with E-state index in [1.54, 1.807) is 38.1 Å². The van der Waals surface area contributed by atoms with E-state index >= 15 is 0 Å². The average Bonchev–Trinajstić information content (AvgIpc) is 2.33. The predicted molar refractivity (Wildman–Crippen MR) is 74.3 cm³/mol. The van der Waals surface area contributed by atoms with E-state index in [1.807, 2.05) is 0 Å². The molecule has 1 aromatic carbocycles. The van der Waals surface area contributed by atoms with E-state index in [4.69, 9.17) is 5.11 Å². The van der Waals surface area contributed by atoms with E-state index < -0.39 is 11.5 Å². The summed E-state index contributed by atoms with van der Waals surface area (Å²) in [6, 6.07) is 8.21. The summed E-state index contributed by atoms with van der Waals surface area (Å²) in [4.78, 5) is 23.4. The summed E-state index contributed by atoms with van der Waals surface area (Å²) in [6.07, 6.45) is 0. The average molecular weight is 273 g/mol. The van der Waals surface area contributed by atoms with Gasteiger partial charge in [0.15, 0.2) is 0 Å². The van der Waals surface area contributed by atoms with Crippen molar-refractivity contribution < 1.29 is 15.0 Å². The van der Waals surface area contributed by atoms with Crippen LogP contribution in [-0.4, -0.2) is 20.7 Å². The minimum atomic E-state index is -1.22. The van der Waals surface area contributed by atoms with Gasteiger partial charge in [-0.2, -0.15) is 0 Å². The van der Waals surface area contributed by atoms with Gasteiger partial charge >= 0.3 is 5.97 Å². The smallest absolute Gasteiger partial charge is 0.341 e. The second-order valence-electron chi connectivity index (χ2n) is 4.71. The predicted octanol–water partition coefficient (Wildman–Crippen LogP) is 1.92. The van der Waals surface area contributed by atoms with Gasteiger partial charge in [0.2, 0.25) is 0 Å². The molecule has 5 nitrogen and oxygen atoms in total. The number of aromatic hydroxyl groups is 1. The Kier molecular flexibility index (Phi) is 3.61. The number of carboxylic acid groups (broad SMARTS) is 1. The molecule has 2 rings (SSSR count). The number of phenolic OH excluding ortho intramolecular Hbond substituents is 1. The van der Waals surface area contributed by atoms with E-state index in [0.717, 1.165) is 5.56 Å². The minimum Gasteiger partial charge on any atom is -0.508 e. The molecular weight excluding hydrogens is 258 g/mol. The fourth-order valence-electron chi connectivity index (χ4n) is 2.22. The number of aromatic nitrogens is 1. The van der Waals surface area contributed by atoms with E-state index in [1.165, 1.54) is 10.6 Å². The van der Waals surface area contributed by atoms with Crippen LogP contribution in [0.5, 0.6) is 5.75 Å². The molecule has 0 unspecified atom stereocenters. The molecule has 0 spiro atoms. The standard InChI is InChI=1S/C15H15NO4/c1-9-6-10(2)16(14(18)13(9)15(19)20)8-11-4-3-5-12(17)7-11/h3-7,17H,8H2,1-2H3,(H,19,20). The van der Waals surface area contributed by atoms with E-state index in [-0.39, 0.29) is 17.9 Å². The molecule has 0 saturated carbocycles. The monoisotopic (exact) mass is 273 g/mol. The van der Waals surface area contributed by atoms with Gasteiger partial charge in [-0.15, -0.1) is 0 Å². The molecule has 20 heavy (non-hydrogen) atoms. The van der Waals surface area contributed by atoms with E-state index in [9.17, 15) is 14.7 Å². The Morgan fingerprint density at radius 3 is 2.55 bits per heavy atom. The summed E-state index contributed by atoms with van der Waals surface area (Å²) in [5.41, 5.74) is 1.12.